The molecule has 0 aliphatic rings. The second-order valence-corrected chi connectivity index (χ2v) is 3.35. The third kappa shape index (κ3) is 2.72. The molecule has 0 spiro atoms. The number of hydrogen-bond donors (Lipinski definition) is 1. The van der Waals surface area contributed by atoms with Crippen molar-refractivity contribution in [1.82, 2.24) is 0 Å². The minimum absolute atomic E-state index is 0.165. The number of nitrogens with one attached hydrogen (secondary N) is 1. The lowest BCUT2D eigenvalue weighted by atomic mass is 10.3. The van der Waals surface area contributed by atoms with E-state index in [0.717, 1.165) is 6.07 Å². The molecule has 74 valence electrons. The highest BCUT2D eigenvalue weighted by molar-refractivity contribution is 6.44. The molecular weight excluding hydrogens is 228 g/mol. The zero-order valence-corrected chi connectivity index (χ0v) is 8.49. The van der Waals surface area contributed by atoms with Gasteiger partial charge in [0.2, 0.25) is 0 Å². The van der Waals surface area contributed by atoms with Crippen LogP contribution in [-0.4, -0.2) is 5.91 Å². The van der Waals surface area contributed by atoms with Gasteiger partial charge in [-0.15, -0.1) is 0 Å². The van der Waals surface area contributed by atoms with Crippen molar-refractivity contribution >= 4 is 34.8 Å². The molecule has 0 fully saturated rings. The van der Waals surface area contributed by atoms with Crippen LogP contribution < -0.4 is 5.32 Å². The first kappa shape index (κ1) is 11.0. The highest BCUT2D eigenvalue weighted by atomic mass is 35.5. The fourth-order valence-electron chi connectivity index (χ4n) is 0.783. The zero-order valence-electron chi connectivity index (χ0n) is 6.98. The van der Waals surface area contributed by atoms with E-state index in [-0.39, 0.29) is 15.7 Å². The van der Waals surface area contributed by atoms with Gasteiger partial charge in [0.25, 0.3) is 5.91 Å². The predicted molar refractivity (Wildman–Crippen MR) is 55.0 cm³/mol. The summed E-state index contributed by atoms with van der Waals surface area (Å²) in [5.74, 6) is -1.11. The van der Waals surface area contributed by atoms with Crippen LogP contribution in [0.2, 0.25) is 5.02 Å². The summed E-state index contributed by atoms with van der Waals surface area (Å²) in [5.41, 5.74) is 0.165. The van der Waals surface area contributed by atoms with E-state index < -0.39 is 11.7 Å². The van der Waals surface area contributed by atoms with Gasteiger partial charge in [0.1, 0.15) is 5.82 Å². The van der Waals surface area contributed by atoms with Gasteiger partial charge >= 0.3 is 0 Å². The van der Waals surface area contributed by atoms with Crippen LogP contribution >= 0.6 is 23.2 Å². The van der Waals surface area contributed by atoms with Crippen LogP contribution in [-0.2, 0) is 4.79 Å². The third-order valence-corrected chi connectivity index (χ3v) is 1.92. The minimum Gasteiger partial charge on any atom is -0.320 e. The van der Waals surface area contributed by atoms with E-state index in [2.05, 4.69) is 11.9 Å². The normalized spacial score (nSPS) is 9.64. The smallest absolute Gasteiger partial charge is 0.266 e. The highest BCUT2D eigenvalue weighted by Crippen LogP contribution is 2.22. The lowest BCUT2D eigenvalue weighted by Crippen LogP contribution is -2.11. The molecule has 0 atom stereocenters. The molecule has 1 amide bonds. The number of carbonyl (C=O) groups is 1. The van der Waals surface area contributed by atoms with E-state index in [0.29, 0.717) is 0 Å². The van der Waals surface area contributed by atoms with Gasteiger partial charge in [-0.1, -0.05) is 29.8 Å². The summed E-state index contributed by atoms with van der Waals surface area (Å²) in [6.45, 7) is 3.22. The van der Waals surface area contributed by atoms with E-state index in [1.54, 1.807) is 0 Å². The molecule has 0 saturated carbocycles. The lowest BCUT2D eigenvalue weighted by molar-refractivity contribution is -0.112. The number of hydrogen-bond acceptors (Lipinski definition) is 1. The molecule has 1 N–H and O–H groups in total. The van der Waals surface area contributed by atoms with Gasteiger partial charge in [-0.2, -0.15) is 0 Å². The van der Waals surface area contributed by atoms with Gasteiger partial charge in [-0.3, -0.25) is 4.79 Å². The summed E-state index contributed by atoms with van der Waals surface area (Å²) < 4.78 is 12.7. The summed E-state index contributed by atoms with van der Waals surface area (Å²) in [6, 6.07) is 3.62. The molecule has 0 aliphatic carbocycles. The Kier molecular flexibility index (Phi) is 3.49. The van der Waals surface area contributed by atoms with Crippen LogP contribution in [0.25, 0.3) is 0 Å². The number of carbonyl (C=O) groups excluding carboxylic acids is 1. The Morgan fingerprint density at radius 2 is 2.14 bits per heavy atom. The first-order chi connectivity index (χ1) is 6.50. The van der Waals surface area contributed by atoms with Crippen molar-refractivity contribution in [2.45, 2.75) is 0 Å². The number of rotatable bonds is 2. The maximum absolute atomic E-state index is 12.7. The van der Waals surface area contributed by atoms with Gasteiger partial charge in [-0.25, -0.2) is 4.39 Å². The summed E-state index contributed by atoms with van der Waals surface area (Å²) in [4.78, 5) is 11.1. The van der Waals surface area contributed by atoms with E-state index in [9.17, 15) is 9.18 Å². The molecule has 14 heavy (non-hydrogen) atoms. The largest absolute Gasteiger partial charge is 0.320 e. The quantitative estimate of drug-likeness (QED) is 0.782. The minimum atomic E-state index is -0.612. The molecule has 0 heterocycles. The molecular formula is C9H6Cl2FNO. The lowest BCUT2D eigenvalue weighted by Gasteiger charge is -2.05. The zero-order chi connectivity index (χ0) is 10.7. The molecule has 0 bridgehead atoms. The van der Waals surface area contributed by atoms with Crippen molar-refractivity contribution in [3.63, 3.8) is 0 Å². The standard InChI is InChI=1S/C9H6Cl2FNO/c1-5(10)9(14)13-8-4-6(12)2-3-7(8)11/h2-4H,1H2,(H,13,14). The molecule has 5 heteroatoms. The van der Waals surface area contributed by atoms with E-state index in [1.807, 2.05) is 0 Å². The van der Waals surface area contributed by atoms with E-state index >= 15 is 0 Å². The number of benzene rings is 1. The van der Waals surface area contributed by atoms with Crippen molar-refractivity contribution in [2.75, 3.05) is 5.32 Å². The maximum atomic E-state index is 12.7. The number of halogens is 3. The van der Waals surface area contributed by atoms with E-state index in [4.69, 9.17) is 23.2 Å². The van der Waals surface area contributed by atoms with Crippen molar-refractivity contribution in [2.24, 2.45) is 0 Å². The Morgan fingerprint density at radius 3 is 2.71 bits per heavy atom. The van der Waals surface area contributed by atoms with Crippen molar-refractivity contribution in [1.29, 1.82) is 0 Å². The Hall–Kier alpha value is -1.06. The topological polar surface area (TPSA) is 29.1 Å². The van der Waals surface area contributed by atoms with Gasteiger partial charge < -0.3 is 5.32 Å². The van der Waals surface area contributed by atoms with Crippen LogP contribution in [0.15, 0.2) is 29.8 Å². The van der Waals surface area contributed by atoms with Gasteiger partial charge in [0.05, 0.1) is 15.7 Å². The predicted octanol–water partition coefficient (Wildman–Crippen LogP) is 3.17. The molecule has 0 aromatic heterocycles. The molecule has 1 aromatic rings. The monoisotopic (exact) mass is 233 g/mol. The fourth-order valence-corrected chi connectivity index (χ4v) is 0.995. The first-order valence-corrected chi connectivity index (χ1v) is 4.37. The highest BCUT2D eigenvalue weighted by Gasteiger charge is 2.08. The van der Waals surface area contributed by atoms with Crippen molar-refractivity contribution in [3.05, 3.63) is 40.7 Å². The Labute approximate surface area is 90.3 Å². The van der Waals surface area contributed by atoms with Crippen molar-refractivity contribution < 1.29 is 9.18 Å². The molecule has 0 radical (unpaired) electrons. The average Bonchev–Trinajstić information content (AvgIpc) is 2.11. The Bertz CT molecular complexity index is 392. The van der Waals surface area contributed by atoms with Crippen LogP contribution in [0, 0.1) is 5.82 Å². The van der Waals surface area contributed by atoms with E-state index in [1.165, 1.54) is 12.1 Å². The molecule has 1 aromatic carbocycles. The Morgan fingerprint density at radius 1 is 1.50 bits per heavy atom. The summed E-state index contributed by atoms with van der Waals surface area (Å²) in [7, 11) is 0. The maximum Gasteiger partial charge on any atom is 0.266 e. The van der Waals surface area contributed by atoms with Gasteiger partial charge in [-0.05, 0) is 18.2 Å². The van der Waals surface area contributed by atoms with Crippen LogP contribution in [0.5, 0.6) is 0 Å². The fraction of sp³-hybridized carbons (Fsp3) is 0. The number of anilines is 1. The molecule has 0 unspecified atom stereocenters. The van der Waals surface area contributed by atoms with Crippen molar-refractivity contribution in [3.8, 4) is 0 Å². The molecule has 1 rings (SSSR count). The summed E-state index contributed by atoms with van der Waals surface area (Å²) in [6.07, 6.45) is 0. The SMILES string of the molecule is C=C(Cl)C(=O)Nc1cc(F)ccc1Cl. The van der Waals surface area contributed by atoms with Crippen LogP contribution in [0.3, 0.4) is 0 Å². The third-order valence-electron chi connectivity index (χ3n) is 1.42. The molecule has 2 nitrogen and oxygen atoms in total. The van der Waals surface area contributed by atoms with Gasteiger partial charge in [0.15, 0.2) is 0 Å². The molecule has 0 saturated heterocycles. The number of amides is 1. The second kappa shape index (κ2) is 4.44. The summed E-state index contributed by atoms with van der Waals surface area (Å²) in [5, 5.41) is 2.35. The first-order valence-electron chi connectivity index (χ1n) is 3.61. The second-order valence-electron chi connectivity index (χ2n) is 2.48. The molecule has 0 aliphatic heterocycles. The Balaban J connectivity index is 2.91. The summed E-state index contributed by atoms with van der Waals surface area (Å²) >= 11 is 11.0. The van der Waals surface area contributed by atoms with Crippen LogP contribution in [0.1, 0.15) is 0 Å². The van der Waals surface area contributed by atoms with Crippen LogP contribution in [0.4, 0.5) is 10.1 Å². The van der Waals surface area contributed by atoms with Gasteiger partial charge in [0, 0.05) is 0 Å². The average molecular weight is 234 g/mol.